The SMILES string of the molecule is CCCCCCCCCCCCCCCCCCCCCCCCCCCCCCCC(=O)Oc1ccccc1. The Morgan fingerprint density at radius 1 is 0.425 bits per heavy atom. The molecule has 1 aromatic carbocycles. The Bertz CT molecular complexity index is 626. The summed E-state index contributed by atoms with van der Waals surface area (Å²) in [4.78, 5) is 11.8. The zero-order valence-electron chi connectivity index (χ0n) is 26.9. The van der Waals surface area contributed by atoms with Gasteiger partial charge in [0.2, 0.25) is 0 Å². The average Bonchev–Trinajstić information content (AvgIpc) is 2.97. The highest BCUT2D eigenvalue weighted by Gasteiger charge is 2.04. The van der Waals surface area contributed by atoms with Crippen molar-refractivity contribution in [2.24, 2.45) is 0 Å². The summed E-state index contributed by atoms with van der Waals surface area (Å²) in [6.07, 6.45) is 41.4. The molecule has 232 valence electrons. The second-order valence-corrected chi connectivity index (χ2v) is 12.4. The van der Waals surface area contributed by atoms with Gasteiger partial charge in [-0.2, -0.15) is 0 Å². The molecule has 0 aliphatic heterocycles. The van der Waals surface area contributed by atoms with Crippen molar-refractivity contribution in [3.05, 3.63) is 30.3 Å². The van der Waals surface area contributed by atoms with Gasteiger partial charge >= 0.3 is 5.97 Å². The van der Waals surface area contributed by atoms with Crippen LogP contribution in [0, 0.1) is 0 Å². The molecule has 0 fully saturated rings. The summed E-state index contributed by atoms with van der Waals surface area (Å²) >= 11 is 0. The van der Waals surface area contributed by atoms with Gasteiger partial charge in [-0.3, -0.25) is 4.79 Å². The third-order valence-electron chi connectivity index (χ3n) is 8.46. The van der Waals surface area contributed by atoms with E-state index in [0.717, 1.165) is 12.8 Å². The van der Waals surface area contributed by atoms with Crippen molar-refractivity contribution in [2.75, 3.05) is 0 Å². The zero-order chi connectivity index (χ0) is 28.6. The molecule has 1 rings (SSSR count). The van der Waals surface area contributed by atoms with Gasteiger partial charge in [-0.15, -0.1) is 0 Å². The predicted octanol–water partition coefficient (Wildman–Crippen LogP) is 13.3. The second-order valence-electron chi connectivity index (χ2n) is 12.4. The van der Waals surface area contributed by atoms with E-state index in [1.54, 1.807) is 0 Å². The molecule has 0 unspecified atom stereocenters. The van der Waals surface area contributed by atoms with Crippen LogP contribution in [0.15, 0.2) is 30.3 Å². The number of carbonyl (C=O) groups is 1. The van der Waals surface area contributed by atoms with E-state index in [4.69, 9.17) is 4.74 Å². The lowest BCUT2D eigenvalue weighted by atomic mass is 10.0. The Kier molecular flexibility index (Phi) is 28.1. The zero-order valence-corrected chi connectivity index (χ0v) is 26.9. The molecule has 0 saturated carbocycles. The number of rotatable bonds is 31. The van der Waals surface area contributed by atoms with E-state index in [2.05, 4.69) is 6.92 Å². The number of para-hydroxylation sites is 1. The van der Waals surface area contributed by atoms with Crippen LogP contribution in [0.1, 0.15) is 200 Å². The number of esters is 1. The molecule has 2 heteroatoms. The fourth-order valence-corrected chi connectivity index (χ4v) is 5.79. The van der Waals surface area contributed by atoms with E-state index in [1.807, 2.05) is 30.3 Å². The minimum absolute atomic E-state index is 0.101. The van der Waals surface area contributed by atoms with Gasteiger partial charge in [0, 0.05) is 6.42 Å². The Morgan fingerprint density at radius 2 is 0.700 bits per heavy atom. The molecule has 0 aliphatic carbocycles. The Morgan fingerprint density at radius 3 is 1.00 bits per heavy atom. The number of unbranched alkanes of at least 4 members (excludes halogenated alkanes) is 28. The summed E-state index contributed by atoms with van der Waals surface area (Å²) in [6, 6.07) is 9.39. The number of ether oxygens (including phenoxy) is 1. The summed E-state index contributed by atoms with van der Waals surface area (Å²) in [5.41, 5.74) is 0. The van der Waals surface area contributed by atoms with E-state index in [-0.39, 0.29) is 5.97 Å². The van der Waals surface area contributed by atoms with Gasteiger partial charge < -0.3 is 4.74 Å². The van der Waals surface area contributed by atoms with Gasteiger partial charge in [0.25, 0.3) is 0 Å². The number of hydrogen-bond acceptors (Lipinski definition) is 2. The van der Waals surface area contributed by atoms with E-state index in [0.29, 0.717) is 12.2 Å². The Hall–Kier alpha value is -1.31. The average molecular weight is 557 g/mol. The second kappa shape index (κ2) is 30.6. The van der Waals surface area contributed by atoms with Crippen LogP contribution >= 0.6 is 0 Å². The highest BCUT2D eigenvalue weighted by Crippen LogP contribution is 2.17. The topological polar surface area (TPSA) is 26.3 Å². The summed E-state index contributed by atoms with van der Waals surface area (Å²) in [5.74, 6) is 0.555. The molecular weight excluding hydrogens is 488 g/mol. The Labute approximate surface area is 250 Å². The molecule has 0 heterocycles. The molecule has 0 aromatic heterocycles. The van der Waals surface area contributed by atoms with Crippen LogP contribution in [-0.2, 0) is 4.79 Å². The molecule has 40 heavy (non-hydrogen) atoms. The lowest BCUT2D eigenvalue weighted by Crippen LogP contribution is -2.07. The van der Waals surface area contributed by atoms with Crippen molar-refractivity contribution in [3.8, 4) is 5.75 Å². The van der Waals surface area contributed by atoms with Gasteiger partial charge in [0.15, 0.2) is 0 Å². The Balaban J connectivity index is 1.65. The summed E-state index contributed by atoms with van der Waals surface area (Å²) < 4.78 is 5.34. The van der Waals surface area contributed by atoms with Crippen molar-refractivity contribution >= 4 is 5.97 Å². The quantitative estimate of drug-likeness (QED) is 0.0516. The van der Waals surface area contributed by atoms with E-state index >= 15 is 0 Å². The fraction of sp³-hybridized carbons (Fsp3) is 0.816. The van der Waals surface area contributed by atoms with Crippen LogP contribution < -0.4 is 4.74 Å². The summed E-state index contributed by atoms with van der Waals surface area (Å²) in [6.45, 7) is 2.30. The van der Waals surface area contributed by atoms with Crippen LogP contribution in [0.5, 0.6) is 5.75 Å². The van der Waals surface area contributed by atoms with E-state index in [9.17, 15) is 4.79 Å². The molecular formula is C38H68O2. The molecule has 0 amide bonds. The molecule has 0 radical (unpaired) electrons. The van der Waals surface area contributed by atoms with Crippen molar-refractivity contribution in [2.45, 2.75) is 200 Å². The third-order valence-corrected chi connectivity index (χ3v) is 8.46. The van der Waals surface area contributed by atoms with Crippen molar-refractivity contribution in [3.63, 3.8) is 0 Å². The maximum atomic E-state index is 11.8. The molecule has 0 saturated heterocycles. The monoisotopic (exact) mass is 557 g/mol. The first kappa shape index (κ1) is 36.7. The first-order valence-corrected chi connectivity index (χ1v) is 18.1. The number of benzene rings is 1. The number of carbonyl (C=O) groups excluding carboxylic acids is 1. The van der Waals surface area contributed by atoms with E-state index < -0.39 is 0 Å². The molecule has 0 bridgehead atoms. The first-order valence-electron chi connectivity index (χ1n) is 18.1. The van der Waals surface area contributed by atoms with Crippen LogP contribution in [-0.4, -0.2) is 5.97 Å². The summed E-state index contributed by atoms with van der Waals surface area (Å²) in [5, 5.41) is 0. The molecule has 0 spiro atoms. The molecule has 0 aliphatic rings. The van der Waals surface area contributed by atoms with Crippen LogP contribution in [0.4, 0.5) is 0 Å². The predicted molar refractivity (Wildman–Crippen MR) is 176 cm³/mol. The largest absolute Gasteiger partial charge is 0.427 e. The standard InChI is InChI=1S/C38H68O2/c1-2-3-4-5-6-7-8-9-10-11-12-13-14-15-16-17-18-19-20-21-22-23-24-25-26-27-28-29-33-36-38(39)40-37-34-31-30-32-35-37/h30-32,34-35H,2-29,33,36H2,1H3. The van der Waals surface area contributed by atoms with Crippen LogP contribution in [0.2, 0.25) is 0 Å². The van der Waals surface area contributed by atoms with Gasteiger partial charge in [0.1, 0.15) is 5.75 Å². The maximum Gasteiger partial charge on any atom is 0.311 e. The van der Waals surface area contributed by atoms with Crippen molar-refractivity contribution in [1.29, 1.82) is 0 Å². The highest BCUT2D eigenvalue weighted by atomic mass is 16.5. The summed E-state index contributed by atoms with van der Waals surface area (Å²) in [7, 11) is 0. The van der Waals surface area contributed by atoms with Gasteiger partial charge in [-0.1, -0.05) is 205 Å². The smallest absolute Gasteiger partial charge is 0.311 e. The van der Waals surface area contributed by atoms with Crippen LogP contribution in [0.3, 0.4) is 0 Å². The molecule has 2 nitrogen and oxygen atoms in total. The number of hydrogen-bond donors (Lipinski definition) is 0. The van der Waals surface area contributed by atoms with Crippen LogP contribution in [0.25, 0.3) is 0 Å². The molecule has 0 atom stereocenters. The lowest BCUT2D eigenvalue weighted by Gasteiger charge is -2.05. The normalized spacial score (nSPS) is 11.2. The third kappa shape index (κ3) is 26.9. The van der Waals surface area contributed by atoms with Gasteiger partial charge in [-0.05, 0) is 18.6 Å². The van der Waals surface area contributed by atoms with E-state index in [1.165, 1.54) is 173 Å². The fourth-order valence-electron chi connectivity index (χ4n) is 5.79. The maximum absolute atomic E-state index is 11.8. The van der Waals surface area contributed by atoms with Gasteiger partial charge in [0.05, 0.1) is 0 Å². The lowest BCUT2D eigenvalue weighted by molar-refractivity contribution is -0.134. The van der Waals surface area contributed by atoms with Crippen molar-refractivity contribution < 1.29 is 9.53 Å². The van der Waals surface area contributed by atoms with Gasteiger partial charge in [-0.25, -0.2) is 0 Å². The minimum atomic E-state index is -0.101. The molecule has 1 aromatic rings. The minimum Gasteiger partial charge on any atom is -0.427 e. The van der Waals surface area contributed by atoms with Crippen molar-refractivity contribution in [1.82, 2.24) is 0 Å². The first-order chi connectivity index (χ1) is 19.8. The molecule has 0 N–H and O–H groups in total. The highest BCUT2D eigenvalue weighted by molar-refractivity contribution is 5.72.